The van der Waals surface area contributed by atoms with Crippen LogP contribution in [0.2, 0.25) is 0 Å². The van der Waals surface area contributed by atoms with Crippen LogP contribution in [0, 0.1) is 0 Å². The Balaban J connectivity index is 0.00000169. The molecule has 14 heavy (non-hydrogen) atoms. The Labute approximate surface area is 106 Å². The number of rotatable bonds is 4. The molecule has 1 aliphatic rings. The van der Waals surface area contributed by atoms with Gasteiger partial charge in [0.15, 0.2) is 10.3 Å². The molecule has 78 valence electrons. The van der Waals surface area contributed by atoms with E-state index < -0.39 is 10.3 Å². The Bertz CT molecular complexity index is 240. The summed E-state index contributed by atoms with van der Waals surface area (Å²) in [5.41, 5.74) is 0. The van der Waals surface area contributed by atoms with Crippen LogP contribution in [0.1, 0.15) is 0 Å². The van der Waals surface area contributed by atoms with Crippen LogP contribution in [-0.2, 0) is 15.0 Å². The fourth-order valence-corrected chi connectivity index (χ4v) is 1.49. The van der Waals surface area contributed by atoms with Gasteiger partial charge in [0.1, 0.15) is 0 Å². The molecule has 1 rings (SSSR count). The topological polar surface area (TPSA) is 81.7 Å². The van der Waals surface area contributed by atoms with Gasteiger partial charge in [-0.2, -0.15) is 0 Å². The second-order valence-corrected chi connectivity index (χ2v) is 4.00. The molecule has 1 heterocycles. The summed E-state index contributed by atoms with van der Waals surface area (Å²) in [5, 5.41) is 0. The molecular formula is C6H13N2NaO4S. The number of nitrogens with one attached hydrogen (secondary N) is 1. The summed E-state index contributed by atoms with van der Waals surface area (Å²) in [5.74, 6) is 0. The summed E-state index contributed by atoms with van der Waals surface area (Å²) in [6.07, 6.45) is 0. The third kappa shape index (κ3) is 7.13. The number of nitrogens with zero attached hydrogens (tertiary/aromatic N) is 1. The maximum atomic E-state index is 10.2. The maximum Gasteiger partial charge on any atom is 1.00 e. The Morgan fingerprint density at radius 1 is 1.36 bits per heavy atom. The van der Waals surface area contributed by atoms with Gasteiger partial charge in [-0.1, -0.05) is 0 Å². The molecule has 0 aromatic rings. The van der Waals surface area contributed by atoms with E-state index in [-0.39, 0.29) is 36.1 Å². The predicted octanol–water partition coefficient (Wildman–Crippen LogP) is -4.63. The largest absolute Gasteiger partial charge is 1.00 e. The number of hydrogen-bond acceptors (Lipinski definition) is 5. The summed E-state index contributed by atoms with van der Waals surface area (Å²) in [6, 6.07) is 0. The van der Waals surface area contributed by atoms with E-state index in [9.17, 15) is 13.0 Å². The summed E-state index contributed by atoms with van der Waals surface area (Å²) >= 11 is 0. The maximum absolute atomic E-state index is 10.2. The van der Waals surface area contributed by atoms with Gasteiger partial charge in [-0.3, -0.25) is 4.90 Å². The predicted molar refractivity (Wildman–Crippen MR) is 45.0 cm³/mol. The number of hydrogen-bond donors (Lipinski definition) is 1. The smallest absolute Gasteiger partial charge is 0.735 e. The summed E-state index contributed by atoms with van der Waals surface area (Å²) in [6.45, 7) is 3.66. The second kappa shape index (κ2) is 7.13. The molecule has 0 aliphatic carbocycles. The normalized spacial score (nSPS) is 18.9. The van der Waals surface area contributed by atoms with Gasteiger partial charge in [-0.25, -0.2) is 13.1 Å². The Kier molecular flexibility index (Phi) is 7.53. The average molecular weight is 232 g/mol. The Morgan fingerprint density at radius 2 is 1.93 bits per heavy atom. The van der Waals surface area contributed by atoms with Crippen LogP contribution in [0.25, 0.3) is 0 Å². The van der Waals surface area contributed by atoms with Crippen LogP contribution >= 0.6 is 0 Å². The average Bonchev–Trinajstić information content (AvgIpc) is 2.04. The minimum absolute atomic E-state index is 0. The van der Waals surface area contributed by atoms with Gasteiger partial charge in [0, 0.05) is 26.2 Å². The van der Waals surface area contributed by atoms with Crippen molar-refractivity contribution in [3.63, 3.8) is 0 Å². The van der Waals surface area contributed by atoms with Crippen LogP contribution in [0.15, 0.2) is 0 Å². The van der Waals surface area contributed by atoms with E-state index in [0.717, 1.165) is 13.1 Å². The van der Waals surface area contributed by atoms with Gasteiger partial charge >= 0.3 is 29.6 Å². The van der Waals surface area contributed by atoms with Crippen molar-refractivity contribution in [2.45, 2.75) is 0 Å². The van der Waals surface area contributed by atoms with Gasteiger partial charge in [-0.05, 0) is 0 Å². The quantitative estimate of drug-likeness (QED) is 0.389. The van der Waals surface area contributed by atoms with Crippen LogP contribution in [0.5, 0.6) is 0 Å². The third-order valence-corrected chi connectivity index (χ3v) is 2.37. The minimum atomic E-state index is -4.28. The summed E-state index contributed by atoms with van der Waals surface area (Å²) in [7, 11) is -4.28. The van der Waals surface area contributed by atoms with E-state index in [1.165, 1.54) is 0 Å². The molecule has 1 N–H and O–H groups in total. The summed E-state index contributed by atoms with van der Waals surface area (Å²) in [4.78, 5) is 2.04. The summed E-state index contributed by atoms with van der Waals surface area (Å²) < 4.78 is 37.5. The van der Waals surface area contributed by atoms with Gasteiger partial charge in [0.05, 0.1) is 13.2 Å². The van der Waals surface area contributed by atoms with Gasteiger partial charge in [-0.15, -0.1) is 0 Å². The van der Waals surface area contributed by atoms with Crippen molar-refractivity contribution in [1.29, 1.82) is 0 Å². The van der Waals surface area contributed by atoms with E-state index >= 15 is 0 Å². The first-order chi connectivity index (χ1) is 6.08. The molecule has 0 saturated carbocycles. The van der Waals surface area contributed by atoms with E-state index in [1.807, 2.05) is 9.62 Å². The molecule has 0 amide bonds. The van der Waals surface area contributed by atoms with Crippen LogP contribution in [-0.4, -0.2) is 57.3 Å². The zero-order chi connectivity index (χ0) is 9.73. The molecule has 1 saturated heterocycles. The molecule has 6 nitrogen and oxygen atoms in total. The van der Waals surface area contributed by atoms with Crippen LogP contribution in [0.3, 0.4) is 0 Å². The van der Waals surface area contributed by atoms with Crippen molar-refractivity contribution in [2.24, 2.45) is 0 Å². The van der Waals surface area contributed by atoms with Crippen molar-refractivity contribution >= 4 is 10.3 Å². The third-order valence-electron chi connectivity index (χ3n) is 1.81. The van der Waals surface area contributed by atoms with E-state index in [0.29, 0.717) is 19.8 Å². The van der Waals surface area contributed by atoms with Crippen LogP contribution < -0.4 is 34.3 Å². The van der Waals surface area contributed by atoms with Crippen molar-refractivity contribution in [2.75, 3.05) is 39.4 Å². The SMILES string of the molecule is O=S(=O)([O-])NCCN1CCOCC1.[Na+]. The van der Waals surface area contributed by atoms with Gasteiger partial charge < -0.3 is 9.29 Å². The first-order valence-corrected chi connectivity index (χ1v) is 5.49. The van der Waals surface area contributed by atoms with E-state index in [2.05, 4.69) is 0 Å². The van der Waals surface area contributed by atoms with E-state index in [1.54, 1.807) is 0 Å². The molecule has 1 fully saturated rings. The molecule has 0 unspecified atom stereocenters. The molecular weight excluding hydrogens is 219 g/mol. The van der Waals surface area contributed by atoms with Crippen molar-refractivity contribution < 1.29 is 47.3 Å². The van der Waals surface area contributed by atoms with Crippen LogP contribution in [0.4, 0.5) is 0 Å². The molecule has 0 bridgehead atoms. The number of morpholine rings is 1. The van der Waals surface area contributed by atoms with Crippen molar-refractivity contribution in [1.82, 2.24) is 9.62 Å². The zero-order valence-electron chi connectivity index (χ0n) is 8.23. The minimum Gasteiger partial charge on any atom is -0.735 e. The first-order valence-electron chi connectivity index (χ1n) is 4.08. The fourth-order valence-electron chi connectivity index (χ4n) is 1.15. The van der Waals surface area contributed by atoms with Crippen molar-refractivity contribution in [3.8, 4) is 0 Å². The molecule has 0 radical (unpaired) electrons. The second-order valence-electron chi connectivity index (χ2n) is 2.80. The molecule has 8 heteroatoms. The molecule has 0 aromatic heterocycles. The Hall–Kier alpha value is 0.790. The standard InChI is InChI=1S/C6H14N2O4S.Na/c9-13(10,11)7-1-2-8-3-5-12-6-4-8;/h7H,1-6H2,(H,9,10,11);/q;+1/p-1. The molecule has 0 atom stereocenters. The monoisotopic (exact) mass is 232 g/mol. The molecule has 0 spiro atoms. The fraction of sp³-hybridized carbons (Fsp3) is 1.00. The first kappa shape index (κ1) is 14.8. The molecule has 1 aliphatic heterocycles. The van der Waals surface area contributed by atoms with Crippen molar-refractivity contribution in [3.05, 3.63) is 0 Å². The molecule has 0 aromatic carbocycles. The van der Waals surface area contributed by atoms with Gasteiger partial charge in [0.25, 0.3) is 0 Å². The van der Waals surface area contributed by atoms with Gasteiger partial charge in [0.2, 0.25) is 0 Å². The van der Waals surface area contributed by atoms with E-state index in [4.69, 9.17) is 4.74 Å². The zero-order valence-corrected chi connectivity index (χ0v) is 11.0. The Morgan fingerprint density at radius 3 is 2.43 bits per heavy atom. The number of ether oxygens (including phenoxy) is 1.